The van der Waals surface area contributed by atoms with Gasteiger partial charge in [-0.1, -0.05) is 17.7 Å². The molecule has 1 aromatic heterocycles. The number of nitrogens with zero attached hydrogens (tertiary/aromatic N) is 3. The second-order valence-corrected chi connectivity index (χ2v) is 8.07. The smallest absolute Gasteiger partial charge is 0.356 e. The van der Waals surface area contributed by atoms with Crippen LogP contribution in [0.1, 0.15) is 33.0 Å². The van der Waals surface area contributed by atoms with Crippen LogP contribution in [0.4, 0.5) is 0 Å². The number of carboxylic acids is 1. The number of hydrogen-bond donors (Lipinski definition) is 2. The van der Waals surface area contributed by atoms with Crippen molar-refractivity contribution in [2.75, 3.05) is 19.6 Å². The highest BCUT2D eigenvalue weighted by atomic mass is 32.2. The van der Waals surface area contributed by atoms with Crippen molar-refractivity contribution in [1.29, 1.82) is 0 Å². The van der Waals surface area contributed by atoms with Gasteiger partial charge in [0.2, 0.25) is 10.0 Å². The first kappa shape index (κ1) is 19.1. The van der Waals surface area contributed by atoms with Crippen LogP contribution in [0, 0.1) is 6.92 Å². The molecule has 0 saturated heterocycles. The molecule has 0 radical (unpaired) electrons. The molecule has 0 bridgehead atoms. The van der Waals surface area contributed by atoms with Gasteiger partial charge in [-0.05, 0) is 25.5 Å². The van der Waals surface area contributed by atoms with E-state index in [4.69, 9.17) is 5.11 Å². The number of aryl methyl sites for hydroxylation is 1. The molecule has 1 aromatic carbocycles. The average Bonchev–Trinajstić information content (AvgIpc) is 3.06. The van der Waals surface area contributed by atoms with Gasteiger partial charge in [-0.25, -0.2) is 17.9 Å². The van der Waals surface area contributed by atoms with Crippen LogP contribution in [0.5, 0.6) is 0 Å². The number of carbonyl (C=O) groups is 2. The summed E-state index contributed by atoms with van der Waals surface area (Å²) in [6.07, 6.45) is 0.441. The van der Waals surface area contributed by atoms with Crippen molar-refractivity contribution < 1.29 is 23.1 Å². The minimum Gasteiger partial charge on any atom is -0.476 e. The zero-order chi connectivity index (χ0) is 19.6. The first-order chi connectivity index (χ1) is 12.8. The molecule has 2 N–H and O–H groups in total. The van der Waals surface area contributed by atoms with Crippen LogP contribution in [0.15, 0.2) is 35.2 Å². The van der Waals surface area contributed by atoms with Gasteiger partial charge in [-0.3, -0.25) is 9.48 Å². The number of carbonyl (C=O) groups excluding carboxylic acids is 1. The van der Waals surface area contributed by atoms with E-state index in [1.165, 1.54) is 10.7 Å². The van der Waals surface area contributed by atoms with Crippen molar-refractivity contribution in [1.82, 2.24) is 19.4 Å². The Balaban J connectivity index is 1.54. The van der Waals surface area contributed by atoms with E-state index >= 15 is 0 Å². The van der Waals surface area contributed by atoms with Crippen molar-refractivity contribution >= 4 is 21.9 Å². The molecule has 0 saturated carbocycles. The van der Waals surface area contributed by atoms with Gasteiger partial charge < -0.3 is 10.0 Å². The summed E-state index contributed by atoms with van der Waals surface area (Å²) in [6.45, 7) is 3.24. The van der Waals surface area contributed by atoms with Crippen LogP contribution in [0.2, 0.25) is 0 Å². The van der Waals surface area contributed by atoms with Gasteiger partial charge in [0.15, 0.2) is 5.69 Å². The Kier molecular flexibility index (Phi) is 5.29. The van der Waals surface area contributed by atoms with Gasteiger partial charge in [-0.2, -0.15) is 5.10 Å². The van der Waals surface area contributed by atoms with Gasteiger partial charge in [0.25, 0.3) is 5.91 Å². The number of sulfonamides is 1. The van der Waals surface area contributed by atoms with Crippen LogP contribution in [-0.2, 0) is 16.6 Å². The number of fused-ring (bicyclic) bond motifs is 1. The van der Waals surface area contributed by atoms with E-state index in [0.717, 1.165) is 5.56 Å². The predicted molar refractivity (Wildman–Crippen MR) is 96.1 cm³/mol. The third-order valence-electron chi connectivity index (χ3n) is 4.32. The lowest BCUT2D eigenvalue weighted by Gasteiger charge is -2.27. The zero-order valence-electron chi connectivity index (χ0n) is 14.8. The van der Waals surface area contributed by atoms with Gasteiger partial charge in [-0.15, -0.1) is 0 Å². The Hall–Kier alpha value is -2.72. The molecule has 1 aliphatic heterocycles. The second-order valence-electron chi connectivity index (χ2n) is 6.30. The normalized spacial score (nSPS) is 14.3. The summed E-state index contributed by atoms with van der Waals surface area (Å²) >= 11 is 0. The van der Waals surface area contributed by atoms with E-state index in [-0.39, 0.29) is 28.7 Å². The van der Waals surface area contributed by atoms with Crippen molar-refractivity contribution in [2.45, 2.75) is 24.8 Å². The molecule has 27 heavy (non-hydrogen) atoms. The monoisotopic (exact) mass is 392 g/mol. The maximum absolute atomic E-state index is 12.4. The average molecular weight is 392 g/mol. The number of benzene rings is 1. The standard InChI is InChI=1S/C17H20N4O5S/c1-12-3-5-13(6-4-12)27(25,26)18-7-2-8-20-9-10-21-15(16(20)22)11-14(19-21)17(23)24/h3-6,11,18H,2,7-10H2,1H3,(H,23,24). The number of aromatic nitrogens is 2. The minimum absolute atomic E-state index is 0.161. The van der Waals surface area contributed by atoms with Crippen LogP contribution < -0.4 is 4.72 Å². The molecule has 144 valence electrons. The number of hydrogen-bond acceptors (Lipinski definition) is 5. The molecule has 1 aliphatic rings. The molecule has 2 aromatic rings. The Bertz CT molecular complexity index is 966. The van der Waals surface area contributed by atoms with E-state index in [1.54, 1.807) is 29.2 Å². The maximum Gasteiger partial charge on any atom is 0.356 e. The summed E-state index contributed by atoms with van der Waals surface area (Å²) < 4.78 is 28.4. The van der Waals surface area contributed by atoms with Gasteiger partial charge >= 0.3 is 5.97 Å². The highest BCUT2D eigenvalue weighted by Crippen LogP contribution is 2.14. The van der Waals surface area contributed by atoms with Crippen molar-refractivity contribution in [3.8, 4) is 0 Å². The fraction of sp³-hybridized carbons (Fsp3) is 0.353. The van der Waals surface area contributed by atoms with Gasteiger partial charge in [0, 0.05) is 25.7 Å². The first-order valence-electron chi connectivity index (χ1n) is 8.45. The number of amides is 1. The minimum atomic E-state index is -3.58. The fourth-order valence-corrected chi connectivity index (χ4v) is 3.91. The molecule has 2 heterocycles. The molecular weight excluding hydrogens is 372 g/mol. The van der Waals surface area contributed by atoms with Crippen molar-refractivity contribution in [3.05, 3.63) is 47.3 Å². The van der Waals surface area contributed by atoms with Crippen molar-refractivity contribution in [2.24, 2.45) is 0 Å². The van der Waals surface area contributed by atoms with Gasteiger partial charge in [0.1, 0.15) is 5.69 Å². The quantitative estimate of drug-likeness (QED) is 0.670. The molecule has 3 rings (SSSR count). The van der Waals surface area contributed by atoms with E-state index in [1.807, 2.05) is 6.92 Å². The van der Waals surface area contributed by atoms with E-state index in [9.17, 15) is 18.0 Å². The summed E-state index contributed by atoms with van der Waals surface area (Å²) in [6, 6.07) is 7.82. The van der Waals surface area contributed by atoms with Crippen molar-refractivity contribution in [3.63, 3.8) is 0 Å². The predicted octanol–water partition coefficient (Wildman–Crippen LogP) is 0.714. The first-order valence-corrected chi connectivity index (χ1v) is 9.93. The summed E-state index contributed by atoms with van der Waals surface area (Å²) in [5.74, 6) is -1.48. The SMILES string of the molecule is Cc1ccc(S(=O)(=O)NCCCN2CCn3nc(C(=O)O)cc3C2=O)cc1. The van der Waals surface area contributed by atoms with Crippen LogP contribution >= 0.6 is 0 Å². The zero-order valence-corrected chi connectivity index (χ0v) is 15.6. The number of nitrogens with one attached hydrogen (secondary N) is 1. The third kappa shape index (κ3) is 4.17. The Morgan fingerprint density at radius 3 is 2.63 bits per heavy atom. The van der Waals surface area contributed by atoms with E-state index in [0.29, 0.717) is 26.1 Å². The second kappa shape index (κ2) is 7.49. The highest BCUT2D eigenvalue weighted by molar-refractivity contribution is 7.89. The lowest BCUT2D eigenvalue weighted by atomic mass is 10.2. The van der Waals surface area contributed by atoms with Crippen LogP contribution in [-0.4, -0.2) is 59.7 Å². The molecule has 0 spiro atoms. The van der Waals surface area contributed by atoms with E-state index in [2.05, 4.69) is 9.82 Å². The molecular formula is C17H20N4O5S. The fourth-order valence-electron chi connectivity index (χ4n) is 2.83. The lowest BCUT2D eigenvalue weighted by molar-refractivity contribution is 0.0677. The van der Waals surface area contributed by atoms with E-state index < -0.39 is 16.0 Å². The maximum atomic E-state index is 12.4. The summed E-state index contributed by atoms with van der Waals surface area (Å²) in [5.41, 5.74) is 1.05. The molecule has 0 fully saturated rings. The Morgan fingerprint density at radius 1 is 1.26 bits per heavy atom. The summed E-state index contributed by atoms with van der Waals surface area (Å²) in [4.78, 5) is 25.2. The topological polar surface area (TPSA) is 122 Å². The van der Waals surface area contributed by atoms with Crippen LogP contribution in [0.3, 0.4) is 0 Å². The molecule has 0 unspecified atom stereocenters. The molecule has 1 amide bonds. The molecule has 10 heteroatoms. The molecule has 9 nitrogen and oxygen atoms in total. The molecule has 0 aliphatic carbocycles. The third-order valence-corrected chi connectivity index (χ3v) is 5.79. The highest BCUT2D eigenvalue weighted by Gasteiger charge is 2.27. The van der Waals surface area contributed by atoms with Gasteiger partial charge in [0.05, 0.1) is 11.4 Å². The summed E-state index contributed by atoms with van der Waals surface area (Å²) in [7, 11) is -3.58. The lowest BCUT2D eigenvalue weighted by Crippen LogP contribution is -2.41. The number of carboxylic acid groups (broad SMARTS) is 1. The summed E-state index contributed by atoms with van der Waals surface area (Å²) in [5, 5.41) is 12.9. The Labute approximate surface area is 156 Å². The number of aromatic carboxylic acids is 1. The number of rotatable bonds is 7. The largest absolute Gasteiger partial charge is 0.476 e. The molecule has 0 atom stereocenters. The van der Waals surface area contributed by atoms with Crippen LogP contribution in [0.25, 0.3) is 0 Å². The Morgan fingerprint density at radius 2 is 1.96 bits per heavy atom.